The van der Waals surface area contributed by atoms with Crippen LogP contribution in [0.3, 0.4) is 0 Å². The monoisotopic (exact) mass is 608 g/mol. The van der Waals surface area contributed by atoms with Crippen LogP contribution >= 0.6 is 11.6 Å². The number of rotatable bonds is 16. The van der Waals surface area contributed by atoms with Crippen LogP contribution in [0, 0.1) is 6.92 Å². The van der Waals surface area contributed by atoms with E-state index in [1.54, 1.807) is 34.2 Å². The van der Waals surface area contributed by atoms with Crippen molar-refractivity contribution in [3.05, 3.63) is 46.4 Å². The second-order valence-electron chi connectivity index (χ2n) is 11.2. The van der Waals surface area contributed by atoms with E-state index in [2.05, 4.69) is 70.9 Å². The number of nitrogens with zero attached hydrogens (tertiary/aromatic N) is 3. The molecule has 1 fully saturated rings. The lowest BCUT2D eigenvalue weighted by molar-refractivity contribution is 0.0673. The van der Waals surface area contributed by atoms with Gasteiger partial charge < -0.3 is 30.3 Å². The highest BCUT2D eigenvalue weighted by molar-refractivity contribution is 7.92. The normalized spacial score (nSPS) is 15.6. The Labute approximate surface area is 250 Å². The second-order valence-corrected chi connectivity index (χ2v) is 14.2. The Balaban J connectivity index is 1.87. The van der Waals surface area contributed by atoms with Gasteiger partial charge in [-0.3, -0.25) is 0 Å². The predicted molar refractivity (Wildman–Crippen MR) is 167 cm³/mol. The number of aromatic nitrogens is 2. The van der Waals surface area contributed by atoms with Crippen molar-refractivity contribution in [1.29, 1.82) is 0 Å². The minimum Gasteiger partial charge on any atom is -0.488 e. The number of aryl methyl sites for hydroxylation is 1. The van der Waals surface area contributed by atoms with Gasteiger partial charge in [-0.15, -0.1) is 0 Å². The zero-order valence-electron chi connectivity index (χ0n) is 25.4. The molecule has 12 heteroatoms. The fourth-order valence-corrected chi connectivity index (χ4v) is 5.49. The fraction of sp³-hybridized carbons (Fsp3) is 0.586. The van der Waals surface area contributed by atoms with Crippen LogP contribution in [-0.4, -0.2) is 81.3 Å². The van der Waals surface area contributed by atoms with E-state index < -0.39 is 15.1 Å². The van der Waals surface area contributed by atoms with Gasteiger partial charge in [0.2, 0.25) is 5.95 Å². The number of likely N-dealkylation sites (N-methyl/N-ethyl adjacent to an activating group) is 1. The molecule has 10 nitrogen and oxygen atoms in total. The van der Waals surface area contributed by atoms with Crippen molar-refractivity contribution in [2.75, 3.05) is 51.2 Å². The number of hydrogen-bond donors (Lipinski definition) is 3. The summed E-state index contributed by atoms with van der Waals surface area (Å²) in [6.07, 6.45) is 6.32. The minimum atomic E-state index is -3.35. The number of hydrogen-bond acceptors (Lipinski definition) is 10. The summed E-state index contributed by atoms with van der Waals surface area (Å²) < 4.78 is 37.2. The third kappa shape index (κ3) is 9.73. The average molecular weight is 609 g/mol. The molecule has 0 saturated heterocycles. The lowest BCUT2D eigenvalue weighted by atomic mass is 9.90. The molecule has 1 aliphatic carbocycles. The number of benzene rings is 1. The smallest absolute Gasteiger partial charge is 0.229 e. The van der Waals surface area contributed by atoms with E-state index in [1.807, 2.05) is 0 Å². The van der Waals surface area contributed by atoms with Gasteiger partial charge in [0.1, 0.15) is 10.8 Å². The Morgan fingerprint density at radius 1 is 1.24 bits per heavy atom. The zero-order chi connectivity index (χ0) is 30.3. The van der Waals surface area contributed by atoms with Crippen LogP contribution in [-0.2, 0) is 14.6 Å². The van der Waals surface area contributed by atoms with Gasteiger partial charge >= 0.3 is 0 Å². The zero-order valence-corrected chi connectivity index (χ0v) is 27.0. The van der Waals surface area contributed by atoms with E-state index in [0.29, 0.717) is 17.5 Å². The van der Waals surface area contributed by atoms with Crippen molar-refractivity contribution in [2.24, 2.45) is 0 Å². The number of anilines is 3. The first-order valence-electron chi connectivity index (χ1n) is 14.0. The van der Waals surface area contributed by atoms with Gasteiger partial charge in [0.15, 0.2) is 15.7 Å². The molecule has 3 N–H and O–H groups in total. The van der Waals surface area contributed by atoms with Crippen molar-refractivity contribution in [3.8, 4) is 5.75 Å². The Kier molecular flexibility index (Phi) is 11.7. The number of nitrogens with one attached hydrogen (secondary N) is 3. The molecule has 1 aromatic heterocycles. The summed E-state index contributed by atoms with van der Waals surface area (Å²) in [6, 6.07) is 4.17. The Bertz CT molecular complexity index is 1310. The molecule has 1 saturated carbocycles. The molecule has 0 aliphatic heterocycles. The standard InChI is InChI=1S/C29H45ClN6O4S/c1-18(2)41(37,38)17-21(14-31-5)33-28-25(30)15-32-29(35-28)34-26-12-20(4)24(13-27(26)40-22-9-10-22)19(3)11-23(39-8)16-36(6)7/h12-15,18-19,22-23,31H,9-11,16-17H2,1-8H3,(H2,32,33,34,35)/b21-14+. The third-order valence-electron chi connectivity index (χ3n) is 6.90. The largest absolute Gasteiger partial charge is 0.488 e. The van der Waals surface area contributed by atoms with E-state index in [9.17, 15) is 8.42 Å². The molecule has 0 bridgehead atoms. The first-order chi connectivity index (χ1) is 19.3. The van der Waals surface area contributed by atoms with E-state index in [4.69, 9.17) is 21.1 Å². The molecule has 0 amide bonds. The quantitative estimate of drug-likeness (QED) is 0.238. The van der Waals surface area contributed by atoms with E-state index in [0.717, 1.165) is 42.8 Å². The highest BCUT2D eigenvalue weighted by Crippen LogP contribution is 2.38. The molecular weight excluding hydrogens is 564 g/mol. The SMILES string of the molecule is CN/C=C(\CS(=O)(=O)C(C)C)Nc1nc(Nc2cc(C)c(C(C)CC(CN(C)C)OC)cc2OC2CC2)ncc1Cl. The van der Waals surface area contributed by atoms with Gasteiger partial charge in [0.25, 0.3) is 0 Å². The summed E-state index contributed by atoms with van der Waals surface area (Å²) >= 11 is 6.40. The maximum atomic E-state index is 12.6. The predicted octanol–water partition coefficient (Wildman–Crippen LogP) is 5.09. The lowest BCUT2D eigenvalue weighted by Crippen LogP contribution is -2.28. The maximum absolute atomic E-state index is 12.6. The van der Waals surface area contributed by atoms with Crippen molar-refractivity contribution in [3.63, 3.8) is 0 Å². The van der Waals surface area contributed by atoms with Gasteiger partial charge in [-0.2, -0.15) is 4.98 Å². The van der Waals surface area contributed by atoms with Crippen LogP contribution in [0.1, 0.15) is 57.1 Å². The summed E-state index contributed by atoms with van der Waals surface area (Å²) in [7, 11) is 4.21. The van der Waals surface area contributed by atoms with Gasteiger partial charge in [0.05, 0.1) is 35.1 Å². The van der Waals surface area contributed by atoms with E-state index >= 15 is 0 Å². The summed E-state index contributed by atoms with van der Waals surface area (Å²) in [4.78, 5) is 11.1. The second kappa shape index (κ2) is 14.5. The third-order valence-corrected chi connectivity index (χ3v) is 9.33. The van der Waals surface area contributed by atoms with Crippen LogP contribution in [0.15, 0.2) is 30.2 Å². The summed E-state index contributed by atoms with van der Waals surface area (Å²) in [5.74, 6) is 1.41. The van der Waals surface area contributed by atoms with Crippen molar-refractivity contribution in [1.82, 2.24) is 20.2 Å². The molecule has 3 rings (SSSR count). The van der Waals surface area contributed by atoms with Crippen molar-refractivity contribution >= 4 is 38.9 Å². The summed E-state index contributed by atoms with van der Waals surface area (Å²) in [5, 5.41) is 8.99. The molecule has 2 unspecified atom stereocenters. The molecule has 41 heavy (non-hydrogen) atoms. The number of halogens is 1. The number of ether oxygens (including phenoxy) is 2. The first-order valence-corrected chi connectivity index (χ1v) is 16.0. The summed E-state index contributed by atoms with van der Waals surface area (Å²) in [5.41, 5.74) is 3.50. The molecule has 1 aromatic carbocycles. The van der Waals surface area contributed by atoms with Crippen LogP contribution in [0.25, 0.3) is 0 Å². The number of methoxy groups -OCH3 is 1. The van der Waals surface area contributed by atoms with Crippen LogP contribution < -0.4 is 20.7 Å². The molecule has 2 aromatic rings. The highest BCUT2D eigenvalue weighted by atomic mass is 35.5. The lowest BCUT2D eigenvalue weighted by Gasteiger charge is -2.25. The molecule has 228 valence electrons. The molecule has 0 radical (unpaired) electrons. The average Bonchev–Trinajstić information content (AvgIpc) is 3.70. The highest BCUT2D eigenvalue weighted by Gasteiger charge is 2.27. The molecule has 1 aliphatic rings. The van der Waals surface area contributed by atoms with Crippen LogP contribution in [0.5, 0.6) is 5.75 Å². The molecule has 0 spiro atoms. The molecule has 2 atom stereocenters. The Hall–Kier alpha value is -2.60. The van der Waals surface area contributed by atoms with Crippen LogP contribution in [0.4, 0.5) is 17.5 Å². The fourth-order valence-electron chi connectivity index (χ4n) is 4.43. The summed E-state index contributed by atoms with van der Waals surface area (Å²) in [6.45, 7) is 8.46. The van der Waals surface area contributed by atoms with E-state index in [1.165, 1.54) is 11.8 Å². The van der Waals surface area contributed by atoms with Gasteiger partial charge in [0, 0.05) is 32.6 Å². The van der Waals surface area contributed by atoms with Gasteiger partial charge in [-0.1, -0.05) is 18.5 Å². The molecular formula is C29H45ClN6O4S. The molecule has 1 heterocycles. The van der Waals surface area contributed by atoms with Gasteiger partial charge in [-0.25, -0.2) is 13.4 Å². The minimum absolute atomic E-state index is 0.121. The van der Waals surface area contributed by atoms with Crippen LogP contribution in [0.2, 0.25) is 5.02 Å². The van der Waals surface area contributed by atoms with Crippen molar-refractivity contribution < 1.29 is 17.9 Å². The maximum Gasteiger partial charge on any atom is 0.229 e. The number of sulfone groups is 1. The van der Waals surface area contributed by atoms with Gasteiger partial charge in [-0.05, 0) is 83.3 Å². The first kappa shape index (κ1) is 32.9. The Morgan fingerprint density at radius 2 is 1.95 bits per heavy atom. The topological polar surface area (TPSA) is 118 Å². The van der Waals surface area contributed by atoms with E-state index in [-0.39, 0.29) is 28.9 Å². The van der Waals surface area contributed by atoms with Crippen molar-refractivity contribution in [2.45, 2.75) is 70.3 Å². The Morgan fingerprint density at radius 3 is 2.54 bits per heavy atom.